The molecule has 1 atom stereocenters. The van der Waals surface area contributed by atoms with E-state index in [1.807, 2.05) is 0 Å². The molecule has 0 saturated heterocycles. The maximum atomic E-state index is 11.4. The molecule has 0 saturated carbocycles. The summed E-state index contributed by atoms with van der Waals surface area (Å²) in [6.45, 7) is 1.42. The lowest BCUT2D eigenvalue weighted by Gasteiger charge is -2.08. The average Bonchev–Trinajstić information content (AvgIpc) is 2.28. The fourth-order valence-corrected chi connectivity index (χ4v) is 1.86. The van der Waals surface area contributed by atoms with Gasteiger partial charge in [-0.3, -0.25) is 9.59 Å². The summed E-state index contributed by atoms with van der Waals surface area (Å²) in [5.74, 6) is -1.17. The number of carboxylic acids is 1. The SMILES string of the molecule is C[C@H](NC(=O)CSc1ccc(Cl)cc1)C(=O)O. The van der Waals surface area contributed by atoms with E-state index in [1.54, 1.807) is 24.3 Å². The predicted octanol–water partition coefficient (Wildman–Crippen LogP) is 2.02. The van der Waals surface area contributed by atoms with Crippen LogP contribution in [0.4, 0.5) is 0 Å². The Balaban J connectivity index is 2.38. The Kier molecular flexibility index (Phi) is 5.31. The van der Waals surface area contributed by atoms with Crippen LogP contribution in [0.2, 0.25) is 5.02 Å². The van der Waals surface area contributed by atoms with Crippen molar-refractivity contribution in [1.82, 2.24) is 5.32 Å². The van der Waals surface area contributed by atoms with Crippen molar-refractivity contribution >= 4 is 35.2 Å². The smallest absolute Gasteiger partial charge is 0.325 e. The zero-order chi connectivity index (χ0) is 12.8. The second kappa shape index (κ2) is 6.51. The summed E-state index contributed by atoms with van der Waals surface area (Å²) in [6, 6.07) is 6.22. The van der Waals surface area contributed by atoms with Crippen molar-refractivity contribution < 1.29 is 14.7 Å². The van der Waals surface area contributed by atoms with Gasteiger partial charge >= 0.3 is 5.97 Å². The Labute approximate surface area is 108 Å². The molecule has 1 amide bonds. The number of hydrogen-bond acceptors (Lipinski definition) is 3. The fourth-order valence-electron chi connectivity index (χ4n) is 1.02. The first-order chi connectivity index (χ1) is 7.99. The molecule has 1 aromatic carbocycles. The van der Waals surface area contributed by atoms with Crippen LogP contribution in [0.15, 0.2) is 29.2 Å². The maximum Gasteiger partial charge on any atom is 0.325 e. The number of thioether (sulfide) groups is 1. The molecule has 0 radical (unpaired) electrons. The van der Waals surface area contributed by atoms with E-state index in [2.05, 4.69) is 5.32 Å². The van der Waals surface area contributed by atoms with Crippen molar-refractivity contribution in [3.05, 3.63) is 29.3 Å². The zero-order valence-corrected chi connectivity index (χ0v) is 10.7. The predicted molar refractivity (Wildman–Crippen MR) is 67.4 cm³/mol. The van der Waals surface area contributed by atoms with Gasteiger partial charge in [-0.25, -0.2) is 0 Å². The number of nitrogens with one attached hydrogen (secondary N) is 1. The highest BCUT2D eigenvalue weighted by Crippen LogP contribution is 2.19. The van der Waals surface area contributed by atoms with Crippen LogP contribution >= 0.6 is 23.4 Å². The van der Waals surface area contributed by atoms with E-state index in [0.717, 1.165) is 4.90 Å². The van der Waals surface area contributed by atoms with E-state index in [4.69, 9.17) is 16.7 Å². The second-order valence-corrected chi connectivity index (χ2v) is 4.86. The summed E-state index contributed by atoms with van der Waals surface area (Å²) in [7, 11) is 0. The Bertz CT molecular complexity index is 408. The van der Waals surface area contributed by atoms with Crippen LogP contribution in [-0.2, 0) is 9.59 Å². The normalized spacial score (nSPS) is 11.9. The lowest BCUT2D eigenvalue weighted by atomic mass is 10.3. The van der Waals surface area contributed by atoms with Gasteiger partial charge in [0.2, 0.25) is 5.91 Å². The van der Waals surface area contributed by atoms with Gasteiger partial charge in [-0.2, -0.15) is 0 Å². The third kappa shape index (κ3) is 5.10. The molecule has 0 aliphatic carbocycles. The molecule has 2 N–H and O–H groups in total. The first-order valence-corrected chi connectivity index (χ1v) is 6.26. The van der Waals surface area contributed by atoms with Crippen molar-refractivity contribution in [2.75, 3.05) is 5.75 Å². The molecule has 0 aliphatic heterocycles. The van der Waals surface area contributed by atoms with Crippen LogP contribution in [-0.4, -0.2) is 28.8 Å². The third-order valence-corrected chi connectivity index (χ3v) is 3.20. The van der Waals surface area contributed by atoms with Crippen LogP contribution < -0.4 is 5.32 Å². The van der Waals surface area contributed by atoms with Gasteiger partial charge in [0.05, 0.1) is 5.75 Å². The maximum absolute atomic E-state index is 11.4. The number of carbonyl (C=O) groups is 2. The molecule has 0 heterocycles. The van der Waals surface area contributed by atoms with Crippen molar-refractivity contribution in [1.29, 1.82) is 0 Å². The molecule has 4 nitrogen and oxygen atoms in total. The van der Waals surface area contributed by atoms with Gasteiger partial charge < -0.3 is 10.4 Å². The molecule has 1 rings (SSSR count). The first kappa shape index (κ1) is 13.9. The molecule has 0 fully saturated rings. The summed E-state index contributed by atoms with van der Waals surface area (Å²) < 4.78 is 0. The van der Waals surface area contributed by atoms with Crippen molar-refractivity contribution in [2.24, 2.45) is 0 Å². The minimum atomic E-state index is -1.05. The Morgan fingerprint density at radius 3 is 2.53 bits per heavy atom. The lowest BCUT2D eigenvalue weighted by Crippen LogP contribution is -2.39. The molecule has 17 heavy (non-hydrogen) atoms. The third-order valence-electron chi connectivity index (χ3n) is 1.93. The van der Waals surface area contributed by atoms with E-state index in [0.29, 0.717) is 5.02 Å². The van der Waals surface area contributed by atoms with Crippen LogP contribution in [0.1, 0.15) is 6.92 Å². The van der Waals surface area contributed by atoms with Gasteiger partial charge in [-0.15, -0.1) is 11.8 Å². The van der Waals surface area contributed by atoms with E-state index in [-0.39, 0.29) is 11.7 Å². The van der Waals surface area contributed by atoms with Gasteiger partial charge in [-0.05, 0) is 31.2 Å². The molecule has 0 aliphatic rings. The van der Waals surface area contributed by atoms with Crippen molar-refractivity contribution in [3.63, 3.8) is 0 Å². The Morgan fingerprint density at radius 1 is 1.41 bits per heavy atom. The van der Waals surface area contributed by atoms with Crippen LogP contribution in [0.5, 0.6) is 0 Å². The number of halogens is 1. The summed E-state index contributed by atoms with van der Waals surface area (Å²) in [6.07, 6.45) is 0. The Morgan fingerprint density at radius 2 is 2.00 bits per heavy atom. The van der Waals surface area contributed by atoms with E-state index in [9.17, 15) is 9.59 Å². The molecule has 0 unspecified atom stereocenters. The summed E-state index contributed by atoms with van der Waals surface area (Å²) in [4.78, 5) is 22.8. The monoisotopic (exact) mass is 273 g/mol. The second-order valence-electron chi connectivity index (χ2n) is 3.37. The van der Waals surface area contributed by atoms with Crippen LogP contribution in [0, 0.1) is 0 Å². The quantitative estimate of drug-likeness (QED) is 0.806. The minimum absolute atomic E-state index is 0.180. The van der Waals surface area contributed by atoms with Gasteiger partial charge in [0, 0.05) is 9.92 Å². The Hall–Kier alpha value is -1.20. The molecule has 0 bridgehead atoms. The lowest BCUT2D eigenvalue weighted by molar-refractivity contribution is -0.140. The number of carboxylic acid groups (broad SMARTS) is 1. The standard InChI is InChI=1S/C11H12ClNO3S/c1-7(11(15)16)13-10(14)6-17-9-4-2-8(12)3-5-9/h2-5,7H,6H2,1H3,(H,13,14)(H,15,16)/t7-/m0/s1. The summed E-state index contributed by atoms with van der Waals surface area (Å²) in [5.41, 5.74) is 0. The van der Waals surface area contributed by atoms with Gasteiger partial charge in [0.15, 0.2) is 0 Å². The topological polar surface area (TPSA) is 66.4 Å². The largest absolute Gasteiger partial charge is 0.480 e. The van der Waals surface area contributed by atoms with Gasteiger partial charge in [0.25, 0.3) is 0 Å². The molecule has 1 aromatic rings. The highest BCUT2D eigenvalue weighted by molar-refractivity contribution is 8.00. The zero-order valence-electron chi connectivity index (χ0n) is 9.14. The van der Waals surface area contributed by atoms with Gasteiger partial charge in [-0.1, -0.05) is 11.6 Å². The highest BCUT2D eigenvalue weighted by Gasteiger charge is 2.13. The minimum Gasteiger partial charge on any atom is -0.480 e. The van der Waals surface area contributed by atoms with E-state index >= 15 is 0 Å². The fraction of sp³-hybridized carbons (Fsp3) is 0.273. The first-order valence-electron chi connectivity index (χ1n) is 4.89. The molecule has 92 valence electrons. The van der Waals surface area contributed by atoms with Crippen LogP contribution in [0.25, 0.3) is 0 Å². The average molecular weight is 274 g/mol. The number of carbonyl (C=O) groups excluding carboxylic acids is 1. The summed E-state index contributed by atoms with van der Waals surface area (Å²) in [5, 5.41) is 11.6. The van der Waals surface area contributed by atoms with E-state index in [1.165, 1.54) is 18.7 Å². The van der Waals surface area contributed by atoms with Crippen LogP contribution in [0.3, 0.4) is 0 Å². The molecule has 0 spiro atoms. The number of benzene rings is 1. The number of amides is 1. The summed E-state index contributed by atoms with van der Waals surface area (Å²) >= 11 is 7.05. The van der Waals surface area contributed by atoms with Crippen molar-refractivity contribution in [2.45, 2.75) is 17.9 Å². The highest BCUT2D eigenvalue weighted by atomic mass is 35.5. The number of hydrogen-bond donors (Lipinski definition) is 2. The molecule has 6 heteroatoms. The molecular weight excluding hydrogens is 262 g/mol. The number of aliphatic carboxylic acids is 1. The number of rotatable bonds is 5. The molecule has 0 aromatic heterocycles. The van der Waals surface area contributed by atoms with Gasteiger partial charge in [0.1, 0.15) is 6.04 Å². The molecular formula is C11H12ClNO3S. The van der Waals surface area contributed by atoms with Crippen molar-refractivity contribution in [3.8, 4) is 0 Å². The van der Waals surface area contributed by atoms with E-state index < -0.39 is 12.0 Å².